The van der Waals surface area contributed by atoms with Crippen LogP contribution in [0.15, 0.2) is 12.1 Å². The Hall–Kier alpha value is -1.80. The molecular weight excluding hydrogens is 358 g/mol. The summed E-state index contributed by atoms with van der Waals surface area (Å²) in [5, 5.41) is 3.24. The van der Waals surface area contributed by atoms with Gasteiger partial charge in [0.15, 0.2) is 11.5 Å². The number of rotatable bonds is 6. The molecule has 1 fully saturated rings. The van der Waals surface area contributed by atoms with Crippen molar-refractivity contribution < 1.29 is 27.8 Å². The summed E-state index contributed by atoms with van der Waals surface area (Å²) in [7, 11) is 4.37. The van der Waals surface area contributed by atoms with Crippen molar-refractivity contribution in [1.82, 2.24) is 10.2 Å². The molecule has 1 heterocycles. The summed E-state index contributed by atoms with van der Waals surface area (Å²) in [6.07, 6.45) is 1.73. The molecule has 1 saturated heterocycles. The van der Waals surface area contributed by atoms with Crippen LogP contribution in [0.5, 0.6) is 17.2 Å². The third-order valence-electron chi connectivity index (χ3n) is 4.09. The second kappa shape index (κ2) is 9.62. The summed E-state index contributed by atoms with van der Waals surface area (Å²) >= 11 is 0. The van der Waals surface area contributed by atoms with E-state index in [-0.39, 0.29) is 41.6 Å². The Morgan fingerprint density at radius 1 is 1.20 bits per heavy atom. The number of hydrogen-bond acceptors (Lipinski definition) is 5. The lowest BCUT2D eigenvalue weighted by Crippen LogP contribution is -2.43. The largest absolute Gasteiger partial charge is 0.493 e. The number of hydrogen-bond donors (Lipinski definition) is 1. The number of carbonyl (C=O) groups is 1. The van der Waals surface area contributed by atoms with Crippen molar-refractivity contribution in [2.75, 3.05) is 34.4 Å². The predicted octanol–water partition coefficient (Wildman–Crippen LogP) is 2.55. The fourth-order valence-electron chi connectivity index (χ4n) is 2.77. The normalized spacial score (nSPS) is 14.6. The van der Waals surface area contributed by atoms with Gasteiger partial charge in [-0.05, 0) is 38.1 Å². The second-order valence-electron chi connectivity index (χ2n) is 5.49. The second-order valence-corrected chi connectivity index (χ2v) is 5.49. The number of carbonyl (C=O) groups excluding carboxylic acids is 1. The highest BCUT2D eigenvalue weighted by Gasteiger charge is 2.26. The first kappa shape index (κ1) is 21.2. The van der Waals surface area contributed by atoms with Crippen molar-refractivity contribution in [3.63, 3.8) is 0 Å². The summed E-state index contributed by atoms with van der Waals surface area (Å²) in [5.41, 5.74) is 0.298. The number of halogens is 3. The molecule has 0 saturated carbocycles. The number of piperidine rings is 1. The van der Waals surface area contributed by atoms with Gasteiger partial charge >= 0.3 is 6.61 Å². The van der Waals surface area contributed by atoms with Crippen molar-refractivity contribution in [2.45, 2.75) is 25.5 Å². The first-order valence-electron chi connectivity index (χ1n) is 7.66. The third-order valence-corrected chi connectivity index (χ3v) is 4.09. The quantitative estimate of drug-likeness (QED) is 0.822. The van der Waals surface area contributed by atoms with E-state index < -0.39 is 6.61 Å². The number of methoxy groups -OCH3 is 2. The summed E-state index contributed by atoms with van der Waals surface area (Å²) < 4.78 is 39.8. The minimum atomic E-state index is -3.02. The Morgan fingerprint density at radius 3 is 2.16 bits per heavy atom. The van der Waals surface area contributed by atoms with Crippen LogP contribution in [-0.4, -0.2) is 57.8 Å². The Bertz CT molecular complexity index is 558. The van der Waals surface area contributed by atoms with Crippen LogP contribution in [0.2, 0.25) is 0 Å². The van der Waals surface area contributed by atoms with Crippen molar-refractivity contribution in [3.05, 3.63) is 17.7 Å². The lowest BCUT2D eigenvalue weighted by molar-refractivity contribution is -0.0526. The molecule has 0 aliphatic carbocycles. The highest BCUT2D eigenvalue weighted by molar-refractivity contribution is 5.95. The van der Waals surface area contributed by atoms with Gasteiger partial charge in [-0.25, -0.2) is 0 Å². The molecule has 0 aromatic heterocycles. The maximum Gasteiger partial charge on any atom is 0.387 e. The molecule has 1 aromatic rings. The number of nitrogens with zero attached hydrogens (tertiary/aromatic N) is 1. The molecule has 6 nitrogen and oxygen atoms in total. The fraction of sp³-hybridized carbons (Fsp3) is 0.562. The van der Waals surface area contributed by atoms with Crippen LogP contribution >= 0.6 is 12.4 Å². The van der Waals surface area contributed by atoms with Gasteiger partial charge in [-0.1, -0.05) is 0 Å². The van der Waals surface area contributed by atoms with E-state index >= 15 is 0 Å². The molecule has 0 bridgehead atoms. The van der Waals surface area contributed by atoms with Crippen LogP contribution in [0, 0.1) is 0 Å². The zero-order valence-electron chi connectivity index (χ0n) is 14.4. The predicted molar refractivity (Wildman–Crippen MR) is 91.4 cm³/mol. The molecule has 1 N–H and O–H groups in total. The lowest BCUT2D eigenvalue weighted by Gasteiger charge is -2.32. The lowest BCUT2D eigenvalue weighted by atomic mass is 10.0. The van der Waals surface area contributed by atoms with Gasteiger partial charge in [0.1, 0.15) is 0 Å². The topological polar surface area (TPSA) is 60.0 Å². The highest BCUT2D eigenvalue weighted by Crippen LogP contribution is 2.39. The van der Waals surface area contributed by atoms with Crippen LogP contribution in [0.1, 0.15) is 23.2 Å². The molecule has 142 valence electrons. The molecule has 1 amide bonds. The summed E-state index contributed by atoms with van der Waals surface area (Å²) in [5.74, 6) is -0.397. The number of amides is 1. The van der Waals surface area contributed by atoms with Gasteiger partial charge in [-0.3, -0.25) is 4.79 Å². The summed E-state index contributed by atoms with van der Waals surface area (Å²) in [6.45, 7) is -1.31. The molecule has 1 aliphatic heterocycles. The molecule has 0 atom stereocenters. The van der Waals surface area contributed by atoms with Gasteiger partial charge < -0.3 is 24.4 Å². The molecule has 25 heavy (non-hydrogen) atoms. The van der Waals surface area contributed by atoms with E-state index in [0.717, 1.165) is 25.9 Å². The monoisotopic (exact) mass is 380 g/mol. The van der Waals surface area contributed by atoms with Crippen molar-refractivity contribution >= 4 is 18.3 Å². The average Bonchev–Trinajstić information content (AvgIpc) is 2.60. The van der Waals surface area contributed by atoms with Gasteiger partial charge in [0.05, 0.1) is 14.2 Å². The number of alkyl halides is 2. The van der Waals surface area contributed by atoms with Crippen LogP contribution < -0.4 is 19.5 Å². The fourth-order valence-corrected chi connectivity index (χ4v) is 2.77. The van der Waals surface area contributed by atoms with E-state index in [2.05, 4.69) is 10.1 Å². The summed E-state index contributed by atoms with van der Waals surface area (Å²) in [6, 6.07) is 2.91. The van der Waals surface area contributed by atoms with E-state index in [4.69, 9.17) is 9.47 Å². The van der Waals surface area contributed by atoms with E-state index in [1.165, 1.54) is 26.4 Å². The van der Waals surface area contributed by atoms with Crippen LogP contribution in [0.25, 0.3) is 0 Å². The molecule has 0 radical (unpaired) electrons. The highest BCUT2D eigenvalue weighted by atomic mass is 35.5. The Labute approximate surface area is 151 Å². The van der Waals surface area contributed by atoms with Gasteiger partial charge in [-0.2, -0.15) is 8.78 Å². The first-order chi connectivity index (χ1) is 11.5. The van der Waals surface area contributed by atoms with E-state index in [9.17, 15) is 13.6 Å². The first-order valence-corrected chi connectivity index (χ1v) is 7.66. The zero-order valence-corrected chi connectivity index (χ0v) is 15.2. The molecule has 9 heteroatoms. The van der Waals surface area contributed by atoms with Crippen molar-refractivity contribution in [3.8, 4) is 17.2 Å². The standard InChI is InChI=1S/C16H22F2N2O4.ClH/c1-20(11-4-6-19-7-5-11)15(21)10-8-12(22-2)14(24-16(17)18)13(9-10)23-3;/h8-9,11,16,19H,4-7H2,1-3H3;1H. The average molecular weight is 381 g/mol. The molecule has 1 aliphatic rings. The minimum Gasteiger partial charge on any atom is -0.493 e. The van der Waals surface area contributed by atoms with Gasteiger partial charge in [0.25, 0.3) is 5.91 Å². The van der Waals surface area contributed by atoms with E-state index in [1.807, 2.05) is 0 Å². The van der Waals surface area contributed by atoms with E-state index in [1.54, 1.807) is 11.9 Å². The molecule has 0 spiro atoms. The molecule has 2 rings (SSSR count). The minimum absolute atomic E-state index is 0. The number of ether oxygens (including phenoxy) is 3. The molecule has 0 unspecified atom stereocenters. The smallest absolute Gasteiger partial charge is 0.387 e. The Kier molecular flexibility index (Phi) is 8.18. The summed E-state index contributed by atoms with van der Waals surface area (Å²) in [4.78, 5) is 14.4. The van der Waals surface area contributed by atoms with Crippen LogP contribution in [0.3, 0.4) is 0 Å². The SMILES string of the molecule is COc1cc(C(=O)N(C)C2CCNCC2)cc(OC)c1OC(F)F.Cl. The van der Waals surface area contributed by atoms with Gasteiger partial charge in [0, 0.05) is 18.7 Å². The van der Waals surface area contributed by atoms with Crippen molar-refractivity contribution in [2.24, 2.45) is 0 Å². The van der Waals surface area contributed by atoms with Gasteiger partial charge in [-0.15, -0.1) is 12.4 Å². The molecular formula is C16H23ClF2N2O4. The van der Waals surface area contributed by atoms with Gasteiger partial charge in [0.2, 0.25) is 5.75 Å². The molecule has 1 aromatic carbocycles. The Morgan fingerprint density at radius 2 is 1.72 bits per heavy atom. The number of nitrogens with one attached hydrogen (secondary N) is 1. The van der Waals surface area contributed by atoms with Crippen LogP contribution in [-0.2, 0) is 0 Å². The van der Waals surface area contributed by atoms with Crippen molar-refractivity contribution in [1.29, 1.82) is 0 Å². The van der Waals surface area contributed by atoms with Crippen LogP contribution in [0.4, 0.5) is 8.78 Å². The zero-order chi connectivity index (χ0) is 17.7. The Balaban J connectivity index is 0.00000312. The number of benzene rings is 1. The maximum absolute atomic E-state index is 12.7. The third kappa shape index (κ3) is 5.09. The maximum atomic E-state index is 12.7. The van der Waals surface area contributed by atoms with E-state index in [0.29, 0.717) is 5.56 Å².